The highest BCUT2D eigenvalue weighted by Crippen LogP contribution is 2.47. The minimum Gasteiger partial charge on any atom is -0.406 e. The number of carbonyl (C=O) groups is 1. The second kappa shape index (κ2) is 7.84. The largest absolute Gasteiger partial charge is 0.406 e. The molecule has 0 unspecified atom stereocenters. The molecule has 0 fully saturated rings. The van der Waals surface area contributed by atoms with Gasteiger partial charge in [-0.3, -0.25) is 4.79 Å². The van der Waals surface area contributed by atoms with Crippen molar-refractivity contribution in [3.05, 3.63) is 107 Å². The molecule has 0 aliphatic carbocycles. The number of esters is 1. The average Bonchev–Trinajstić information content (AvgIpc) is 3.20. The van der Waals surface area contributed by atoms with Gasteiger partial charge in [-0.15, -0.1) is 11.3 Å². The summed E-state index contributed by atoms with van der Waals surface area (Å²) in [5.41, 5.74) is 2.92. The van der Waals surface area contributed by atoms with Crippen LogP contribution >= 0.6 is 11.3 Å². The first-order valence-electron chi connectivity index (χ1n) is 9.76. The van der Waals surface area contributed by atoms with Gasteiger partial charge in [0.15, 0.2) is 0 Å². The maximum Gasteiger partial charge on any atom is 0.317 e. The number of carbonyl (C=O) groups excluding carboxylic acids is 1. The Hall–Kier alpha value is -3.31. The fourth-order valence-electron chi connectivity index (χ4n) is 3.90. The van der Waals surface area contributed by atoms with Crippen LogP contribution in [0.5, 0.6) is 5.88 Å². The summed E-state index contributed by atoms with van der Waals surface area (Å²) in [6.45, 7) is 0. The van der Waals surface area contributed by atoms with E-state index in [0.717, 1.165) is 26.6 Å². The van der Waals surface area contributed by atoms with Crippen LogP contribution < -0.4 is 4.74 Å². The molecule has 0 spiro atoms. The first-order chi connectivity index (χ1) is 14.7. The van der Waals surface area contributed by atoms with Crippen LogP contribution in [0.15, 0.2) is 84.9 Å². The van der Waals surface area contributed by atoms with Crippen molar-refractivity contribution < 1.29 is 13.9 Å². The van der Waals surface area contributed by atoms with E-state index < -0.39 is 5.92 Å². The Morgan fingerprint density at radius 1 is 0.900 bits per heavy atom. The highest BCUT2D eigenvalue weighted by molar-refractivity contribution is 7.15. The van der Waals surface area contributed by atoms with Gasteiger partial charge in [0, 0.05) is 11.5 Å². The van der Waals surface area contributed by atoms with E-state index in [1.165, 1.54) is 23.5 Å². The Labute approximate surface area is 177 Å². The van der Waals surface area contributed by atoms with E-state index in [9.17, 15) is 9.18 Å². The number of aromatic nitrogens is 1. The van der Waals surface area contributed by atoms with Crippen LogP contribution in [0.4, 0.5) is 4.39 Å². The number of nitrogens with zero attached hydrogens (tertiary/aromatic N) is 1. The number of hydrogen-bond acceptors (Lipinski definition) is 4. The van der Waals surface area contributed by atoms with Gasteiger partial charge in [0.25, 0.3) is 0 Å². The van der Waals surface area contributed by atoms with E-state index >= 15 is 0 Å². The van der Waals surface area contributed by atoms with E-state index in [0.29, 0.717) is 12.3 Å². The fourth-order valence-corrected chi connectivity index (χ4v) is 5.10. The minimum atomic E-state index is -0.408. The second-order valence-electron chi connectivity index (χ2n) is 7.30. The maximum absolute atomic E-state index is 13.6. The lowest BCUT2D eigenvalue weighted by Gasteiger charge is -2.29. The lowest BCUT2D eigenvalue weighted by Crippen LogP contribution is -2.33. The highest BCUT2D eigenvalue weighted by atomic mass is 32.1. The van der Waals surface area contributed by atoms with Gasteiger partial charge in [-0.05, 0) is 29.7 Å². The van der Waals surface area contributed by atoms with Gasteiger partial charge in [0.1, 0.15) is 10.8 Å². The molecule has 2 atom stereocenters. The zero-order valence-corrected chi connectivity index (χ0v) is 16.8. The summed E-state index contributed by atoms with van der Waals surface area (Å²) in [5, 5.41) is 0.806. The molecule has 4 aromatic rings. The first-order valence-corrected chi connectivity index (χ1v) is 10.6. The van der Waals surface area contributed by atoms with E-state index in [4.69, 9.17) is 4.74 Å². The molecule has 1 aromatic heterocycles. The van der Waals surface area contributed by atoms with E-state index in [1.807, 2.05) is 60.7 Å². The van der Waals surface area contributed by atoms with Crippen LogP contribution in [0.2, 0.25) is 0 Å². The predicted molar refractivity (Wildman–Crippen MR) is 115 cm³/mol. The standard InChI is InChI=1S/C25H18FNO2S/c26-19-13-11-17(12-14-19)21-20(15-16-7-3-1-4-8-16)25(28)29-23-22(21)30-24(27-23)18-9-5-2-6-10-18/h1-14,20-21H,15H2/t20-,21+/m0/s1. The second-order valence-corrected chi connectivity index (χ2v) is 8.33. The molecule has 1 aliphatic heterocycles. The number of hydrogen-bond donors (Lipinski definition) is 0. The van der Waals surface area contributed by atoms with Crippen LogP contribution in [0.1, 0.15) is 21.9 Å². The molecule has 0 saturated carbocycles. The Kier molecular flexibility index (Phi) is 4.89. The van der Waals surface area contributed by atoms with E-state index in [1.54, 1.807) is 12.1 Å². The topological polar surface area (TPSA) is 39.2 Å². The molecule has 3 aromatic carbocycles. The Morgan fingerprint density at radius 2 is 1.57 bits per heavy atom. The summed E-state index contributed by atoms with van der Waals surface area (Å²) in [4.78, 5) is 18.5. The molecule has 5 heteroatoms. The van der Waals surface area contributed by atoms with Crippen LogP contribution in [-0.2, 0) is 11.2 Å². The third-order valence-electron chi connectivity index (χ3n) is 5.35. The molecule has 5 rings (SSSR count). The van der Waals surface area contributed by atoms with Crippen molar-refractivity contribution in [2.75, 3.05) is 0 Å². The zero-order chi connectivity index (χ0) is 20.5. The summed E-state index contributed by atoms with van der Waals surface area (Å²) < 4.78 is 19.3. The van der Waals surface area contributed by atoms with Crippen molar-refractivity contribution in [3.8, 4) is 16.5 Å². The average molecular weight is 415 g/mol. The molecule has 2 heterocycles. The third-order valence-corrected chi connectivity index (χ3v) is 6.52. The van der Waals surface area contributed by atoms with Gasteiger partial charge in [-0.25, -0.2) is 9.37 Å². The van der Waals surface area contributed by atoms with Crippen LogP contribution in [0, 0.1) is 11.7 Å². The number of rotatable bonds is 4. The number of halogens is 1. The van der Waals surface area contributed by atoms with Crippen molar-refractivity contribution in [2.45, 2.75) is 12.3 Å². The van der Waals surface area contributed by atoms with Crippen LogP contribution in [0.25, 0.3) is 10.6 Å². The molecule has 148 valence electrons. The van der Waals surface area contributed by atoms with E-state index in [2.05, 4.69) is 4.98 Å². The van der Waals surface area contributed by atoms with Crippen molar-refractivity contribution in [2.24, 2.45) is 5.92 Å². The van der Waals surface area contributed by atoms with Crippen molar-refractivity contribution in [1.29, 1.82) is 0 Å². The third kappa shape index (κ3) is 3.53. The summed E-state index contributed by atoms with van der Waals surface area (Å²) >= 11 is 1.53. The van der Waals surface area contributed by atoms with Crippen molar-refractivity contribution >= 4 is 17.3 Å². The summed E-state index contributed by atoms with van der Waals surface area (Å²) in [7, 11) is 0. The molecule has 1 aliphatic rings. The van der Waals surface area contributed by atoms with Gasteiger partial charge < -0.3 is 4.74 Å². The quantitative estimate of drug-likeness (QED) is 0.392. The molecule has 0 saturated heterocycles. The lowest BCUT2D eigenvalue weighted by atomic mass is 9.80. The minimum absolute atomic E-state index is 0.239. The van der Waals surface area contributed by atoms with Gasteiger partial charge in [-0.1, -0.05) is 72.8 Å². The predicted octanol–water partition coefficient (Wildman–Crippen LogP) is 5.86. The van der Waals surface area contributed by atoms with Gasteiger partial charge in [0.2, 0.25) is 5.88 Å². The summed E-state index contributed by atoms with van der Waals surface area (Å²) in [5.74, 6) is -0.884. The van der Waals surface area contributed by atoms with Gasteiger partial charge in [0.05, 0.1) is 10.8 Å². The lowest BCUT2D eigenvalue weighted by molar-refractivity contribution is -0.140. The highest BCUT2D eigenvalue weighted by Gasteiger charge is 2.41. The maximum atomic E-state index is 13.6. The SMILES string of the molecule is O=C1Oc2nc(-c3ccccc3)sc2[C@H](c2ccc(F)cc2)[C@@H]1Cc1ccccc1. The number of benzene rings is 3. The normalized spacial score (nSPS) is 18.0. The molecule has 30 heavy (non-hydrogen) atoms. The van der Waals surface area contributed by atoms with Gasteiger partial charge >= 0.3 is 5.97 Å². The Bertz CT molecular complexity index is 1170. The molecular formula is C25H18FNO2S. The van der Waals surface area contributed by atoms with Crippen LogP contribution in [-0.4, -0.2) is 11.0 Å². The van der Waals surface area contributed by atoms with Crippen molar-refractivity contribution in [3.63, 3.8) is 0 Å². The fraction of sp³-hybridized carbons (Fsp3) is 0.120. The molecule has 3 nitrogen and oxygen atoms in total. The van der Waals surface area contributed by atoms with Gasteiger partial charge in [-0.2, -0.15) is 0 Å². The zero-order valence-electron chi connectivity index (χ0n) is 16.0. The molecule has 0 bridgehead atoms. The molecule has 0 N–H and O–H groups in total. The number of thiazole rings is 1. The van der Waals surface area contributed by atoms with E-state index in [-0.39, 0.29) is 17.7 Å². The Morgan fingerprint density at radius 3 is 2.27 bits per heavy atom. The summed E-state index contributed by atoms with van der Waals surface area (Å²) in [6, 6.07) is 26.1. The first kappa shape index (κ1) is 18.7. The van der Waals surface area contributed by atoms with Crippen molar-refractivity contribution in [1.82, 2.24) is 4.98 Å². The molecule has 0 amide bonds. The summed E-state index contributed by atoms with van der Waals surface area (Å²) in [6.07, 6.45) is 0.541. The smallest absolute Gasteiger partial charge is 0.317 e. The molecular weight excluding hydrogens is 397 g/mol. The van der Waals surface area contributed by atoms with Crippen LogP contribution in [0.3, 0.4) is 0 Å². The number of ether oxygens (including phenoxy) is 1. The molecule has 0 radical (unpaired) electrons. The Balaban J connectivity index is 1.61. The monoisotopic (exact) mass is 415 g/mol. The number of fused-ring (bicyclic) bond motifs is 1.